The van der Waals surface area contributed by atoms with E-state index in [1.54, 1.807) is 23.6 Å². The topological polar surface area (TPSA) is 136 Å². The number of carbonyl (C=O) groups is 1. The number of amides is 2. The highest BCUT2D eigenvalue weighted by Gasteiger charge is 2.16. The van der Waals surface area contributed by atoms with Crippen molar-refractivity contribution in [1.29, 1.82) is 0 Å². The third-order valence-electron chi connectivity index (χ3n) is 4.25. The van der Waals surface area contributed by atoms with E-state index in [0.29, 0.717) is 30.0 Å². The molecule has 4 rings (SSSR count). The Morgan fingerprint density at radius 3 is 2.47 bits per heavy atom. The molecule has 4 aromatic rings. The summed E-state index contributed by atoms with van der Waals surface area (Å²) in [6.07, 6.45) is 0. The summed E-state index contributed by atoms with van der Waals surface area (Å²) in [5, 5.41) is 8.74. The number of anilines is 4. The fourth-order valence-corrected chi connectivity index (χ4v) is 3.00. The average molecular weight is 403 g/mol. The van der Waals surface area contributed by atoms with Crippen molar-refractivity contribution < 1.29 is 4.79 Å². The zero-order valence-electron chi connectivity index (χ0n) is 16.5. The molecule has 2 aromatic heterocycles. The van der Waals surface area contributed by atoms with Gasteiger partial charge in [0.1, 0.15) is 5.82 Å². The van der Waals surface area contributed by atoms with Crippen LogP contribution in [0.1, 0.15) is 12.7 Å². The van der Waals surface area contributed by atoms with E-state index < -0.39 is 0 Å². The number of nitrogen functional groups attached to an aromatic ring is 1. The highest BCUT2D eigenvalue weighted by atomic mass is 16.2. The molecule has 0 atom stereocenters. The van der Waals surface area contributed by atoms with Crippen molar-refractivity contribution in [2.75, 3.05) is 22.9 Å². The highest BCUT2D eigenvalue weighted by molar-refractivity contribution is 5.89. The molecule has 0 spiro atoms. The zero-order chi connectivity index (χ0) is 21.1. The van der Waals surface area contributed by atoms with Crippen molar-refractivity contribution in [1.82, 2.24) is 29.8 Å². The van der Waals surface area contributed by atoms with Crippen LogP contribution >= 0.6 is 0 Å². The summed E-state index contributed by atoms with van der Waals surface area (Å²) in [6, 6.07) is 14.7. The Hall–Kier alpha value is -4.21. The molecule has 0 radical (unpaired) electrons. The van der Waals surface area contributed by atoms with Gasteiger partial charge < -0.3 is 21.7 Å². The molecule has 2 amide bonds. The summed E-state index contributed by atoms with van der Waals surface area (Å²) < 4.78 is 1.79. The van der Waals surface area contributed by atoms with Gasteiger partial charge in [0, 0.05) is 17.9 Å². The molecule has 0 aliphatic carbocycles. The molecule has 30 heavy (non-hydrogen) atoms. The van der Waals surface area contributed by atoms with E-state index in [4.69, 9.17) is 5.73 Å². The van der Waals surface area contributed by atoms with Crippen LogP contribution in [0.15, 0.2) is 48.5 Å². The third kappa shape index (κ3) is 3.97. The predicted molar refractivity (Wildman–Crippen MR) is 116 cm³/mol. The lowest BCUT2D eigenvalue weighted by Gasteiger charge is -2.11. The van der Waals surface area contributed by atoms with Crippen LogP contribution in [-0.4, -0.2) is 37.1 Å². The van der Waals surface area contributed by atoms with E-state index in [2.05, 4.69) is 35.9 Å². The van der Waals surface area contributed by atoms with Gasteiger partial charge >= 0.3 is 6.03 Å². The number of benzene rings is 2. The van der Waals surface area contributed by atoms with Crippen LogP contribution in [0.4, 0.5) is 28.1 Å². The van der Waals surface area contributed by atoms with Crippen molar-refractivity contribution in [3.8, 4) is 5.95 Å². The number of carbonyl (C=O) groups excluding carboxylic acids is 1. The molecule has 0 aliphatic rings. The number of nitrogens with two attached hydrogens (primary N) is 1. The van der Waals surface area contributed by atoms with E-state index in [1.807, 2.05) is 43.3 Å². The lowest BCUT2D eigenvalue weighted by molar-refractivity contribution is 0.252. The van der Waals surface area contributed by atoms with Crippen LogP contribution < -0.4 is 21.7 Å². The normalized spacial score (nSPS) is 10.7. The highest BCUT2D eigenvalue weighted by Crippen LogP contribution is 2.26. The van der Waals surface area contributed by atoms with E-state index in [1.165, 1.54) is 0 Å². The number of fused-ring (bicyclic) bond motifs is 1. The smallest absolute Gasteiger partial charge is 0.319 e. The first kappa shape index (κ1) is 19.1. The van der Waals surface area contributed by atoms with Gasteiger partial charge in [-0.25, -0.2) is 14.3 Å². The molecular formula is C20H21N9O. The minimum Gasteiger partial charge on any atom is -0.368 e. The Kier molecular flexibility index (Phi) is 5.12. The van der Waals surface area contributed by atoms with Crippen LogP contribution in [-0.2, 0) is 0 Å². The van der Waals surface area contributed by atoms with Crippen LogP contribution in [0.25, 0.3) is 17.0 Å². The molecule has 2 heterocycles. The van der Waals surface area contributed by atoms with Gasteiger partial charge in [0.2, 0.25) is 17.8 Å². The number of aryl methyl sites for hydroxylation is 1. The fraction of sp³-hybridized carbons (Fsp3) is 0.150. The van der Waals surface area contributed by atoms with Crippen molar-refractivity contribution in [2.24, 2.45) is 0 Å². The van der Waals surface area contributed by atoms with E-state index in [0.717, 1.165) is 16.7 Å². The minimum atomic E-state index is -0.247. The van der Waals surface area contributed by atoms with Crippen molar-refractivity contribution in [2.45, 2.75) is 13.8 Å². The van der Waals surface area contributed by atoms with Gasteiger partial charge in [-0.1, -0.05) is 12.1 Å². The van der Waals surface area contributed by atoms with E-state index in [-0.39, 0.29) is 12.0 Å². The average Bonchev–Trinajstić information content (AvgIpc) is 3.06. The van der Waals surface area contributed by atoms with Gasteiger partial charge in [-0.05, 0) is 50.2 Å². The molecule has 0 aliphatic heterocycles. The first-order valence-electron chi connectivity index (χ1n) is 9.41. The Morgan fingerprint density at radius 2 is 1.73 bits per heavy atom. The van der Waals surface area contributed by atoms with Crippen molar-refractivity contribution in [3.05, 3.63) is 54.4 Å². The summed E-state index contributed by atoms with van der Waals surface area (Å²) in [7, 11) is 0. The lowest BCUT2D eigenvalue weighted by atomic mass is 10.3. The molecule has 152 valence electrons. The summed E-state index contributed by atoms with van der Waals surface area (Å²) in [4.78, 5) is 29.1. The number of hydrogen-bond donors (Lipinski definition) is 4. The molecule has 0 unspecified atom stereocenters. The summed E-state index contributed by atoms with van der Waals surface area (Å²) >= 11 is 0. The second-order valence-corrected chi connectivity index (χ2v) is 6.49. The van der Waals surface area contributed by atoms with Gasteiger partial charge in [-0.15, -0.1) is 0 Å². The molecule has 10 heteroatoms. The second kappa shape index (κ2) is 8.03. The summed E-state index contributed by atoms with van der Waals surface area (Å²) in [5.74, 6) is 1.57. The summed E-state index contributed by atoms with van der Waals surface area (Å²) in [5.41, 5.74) is 8.92. The molecule has 5 N–H and O–H groups in total. The van der Waals surface area contributed by atoms with Crippen molar-refractivity contribution >= 4 is 40.3 Å². The number of urea groups is 1. The number of aromatic nitrogens is 5. The Morgan fingerprint density at radius 1 is 1.00 bits per heavy atom. The van der Waals surface area contributed by atoms with E-state index >= 15 is 0 Å². The SMILES string of the molecule is CCNC(=O)Nc1ccc(Nc2nc3ccccc3n2-c2nc(C)nc(N)n2)cc1. The third-order valence-corrected chi connectivity index (χ3v) is 4.25. The number of para-hydroxylation sites is 2. The molecule has 0 saturated carbocycles. The largest absolute Gasteiger partial charge is 0.368 e. The van der Waals surface area contributed by atoms with Crippen LogP contribution in [0, 0.1) is 6.92 Å². The van der Waals surface area contributed by atoms with Crippen LogP contribution in [0.3, 0.4) is 0 Å². The Bertz CT molecular complexity index is 1180. The number of nitrogens with zero attached hydrogens (tertiary/aromatic N) is 5. The van der Waals surface area contributed by atoms with Crippen LogP contribution in [0.2, 0.25) is 0 Å². The lowest BCUT2D eigenvalue weighted by Crippen LogP contribution is -2.28. The predicted octanol–water partition coefficient (Wildman–Crippen LogP) is 2.99. The Balaban J connectivity index is 1.68. The second-order valence-electron chi connectivity index (χ2n) is 6.49. The first-order chi connectivity index (χ1) is 14.5. The maximum Gasteiger partial charge on any atom is 0.319 e. The minimum absolute atomic E-state index is 0.141. The molecule has 10 nitrogen and oxygen atoms in total. The van der Waals surface area contributed by atoms with Crippen LogP contribution in [0.5, 0.6) is 0 Å². The molecule has 2 aromatic carbocycles. The van der Waals surface area contributed by atoms with Gasteiger partial charge in [-0.2, -0.15) is 15.0 Å². The monoisotopic (exact) mass is 403 g/mol. The number of hydrogen-bond acceptors (Lipinski definition) is 7. The molecular weight excluding hydrogens is 382 g/mol. The molecule has 0 fully saturated rings. The number of nitrogens with one attached hydrogen (secondary N) is 3. The number of imidazole rings is 1. The zero-order valence-corrected chi connectivity index (χ0v) is 16.5. The number of rotatable bonds is 5. The summed E-state index contributed by atoms with van der Waals surface area (Å²) in [6.45, 7) is 4.18. The fourth-order valence-electron chi connectivity index (χ4n) is 3.00. The maximum absolute atomic E-state index is 11.7. The first-order valence-corrected chi connectivity index (χ1v) is 9.41. The van der Waals surface area contributed by atoms with Gasteiger partial charge in [0.05, 0.1) is 11.0 Å². The Labute approximate surface area is 172 Å². The van der Waals surface area contributed by atoms with E-state index in [9.17, 15) is 4.79 Å². The van der Waals surface area contributed by atoms with Gasteiger partial charge in [0.25, 0.3) is 0 Å². The maximum atomic E-state index is 11.7. The van der Waals surface area contributed by atoms with Gasteiger partial charge in [-0.3, -0.25) is 0 Å². The van der Waals surface area contributed by atoms with Crippen molar-refractivity contribution in [3.63, 3.8) is 0 Å². The molecule has 0 saturated heterocycles. The standard InChI is InChI=1S/C20H21N9O/c1-3-22-20(30)26-14-10-8-13(9-11-14)25-19-27-15-6-4-5-7-16(15)29(19)18-24-12(2)23-17(21)28-18/h4-11H,3H2,1-2H3,(H,25,27)(H2,22,26,30)(H2,21,23,24,28). The molecule has 0 bridgehead atoms. The van der Waals surface area contributed by atoms with Gasteiger partial charge in [0.15, 0.2) is 0 Å². The quantitative estimate of drug-likeness (QED) is 0.402.